The maximum atomic E-state index is 12.2. The number of rotatable bonds is 4. The van der Waals surface area contributed by atoms with E-state index in [9.17, 15) is 9.90 Å². The van der Waals surface area contributed by atoms with E-state index in [2.05, 4.69) is 14.9 Å². The summed E-state index contributed by atoms with van der Waals surface area (Å²) in [5.74, 6) is 0.648. The van der Waals surface area contributed by atoms with E-state index in [4.69, 9.17) is 0 Å². The molecule has 0 unspecified atom stereocenters. The number of piperidine rings is 1. The van der Waals surface area contributed by atoms with Crippen molar-refractivity contribution in [3.63, 3.8) is 0 Å². The van der Waals surface area contributed by atoms with Crippen LogP contribution in [-0.4, -0.2) is 58.2 Å². The van der Waals surface area contributed by atoms with Gasteiger partial charge in [0.25, 0.3) is 5.91 Å². The van der Waals surface area contributed by atoms with E-state index in [1.54, 1.807) is 30.5 Å². The van der Waals surface area contributed by atoms with Gasteiger partial charge in [0.2, 0.25) is 0 Å². The lowest BCUT2D eigenvalue weighted by molar-refractivity contribution is -0.143. The highest BCUT2D eigenvalue weighted by atomic mass is 16.3. The molecule has 0 aromatic carbocycles. The molecule has 116 valence electrons. The summed E-state index contributed by atoms with van der Waals surface area (Å²) in [6.45, 7) is 5.40. The monoisotopic (exact) mass is 292 g/mol. The van der Waals surface area contributed by atoms with Crippen molar-refractivity contribution in [2.75, 3.05) is 25.0 Å². The van der Waals surface area contributed by atoms with Crippen molar-refractivity contribution in [1.82, 2.24) is 14.9 Å². The molecule has 1 atom stereocenters. The Balaban J connectivity index is 1.90. The Hall–Kier alpha value is -1.69. The Kier molecular flexibility index (Phi) is 5.12. The minimum absolute atomic E-state index is 0.0559. The molecular formula is C15H24N4O2. The van der Waals surface area contributed by atoms with Gasteiger partial charge in [-0.15, -0.1) is 0 Å². The number of aromatic nitrogens is 2. The zero-order valence-corrected chi connectivity index (χ0v) is 12.9. The van der Waals surface area contributed by atoms with Crippen molar-refractivity contribution in [2.45, 2.75) is 38.8 Å². The summed E-state index contributed by atoms with van der Waals surface area (Å²) in [7, 11) is 1.79. The highest BCUT2D eigenvalue weighted by Crippen LogP contribution is 2.20. The molecule has 0 radical (unpaired) electrons. The molecule has 1 aliphatic heterocycles. The number of anilines is 1. The molecule has 1 fully saturated rings. The molecule has 0 bridgehead atoms. The maximum absolute atomic E-state index is 12.2. The fourth-order valence-electron chi connectivity index (χ4n) is 2.61. The fraction of sp³-hybridized carbons (Fsp3) is 0.667. The number of aliphatic hydroxyl groups is 1. The van der Waals surface area contributed by atoms with Gasteiger partial charge in [-0.3, -0.25) is 9.78 Å². The molecule has 1 N–H and O–H groups in total. The third-order valence-corrected chi connectivity index (χ3v) is 4.12. The number of nitrogens with zero attached hydrogens (tertiary/aromatic N) is 4. The van der Waals surface area contributed by atoms with Crippen LogP contribution in [0.25, 0.3) is 0 Å². The second-order valence-corrected chi connectivity index (χ2v) is 5.92. The fourth-order valence-corrected chi connectivity index (χ4v) is 2.61. The van der Waals surface area contributed by atoms with Gasteiger partial charge in [-0.05, 0) is 18.8 Å². The maximum Gasteiger partial charge on any atom is 0.251 e. The van der Waals surface area contributed by atoms with Crippen molar-refractivity contribution >= 4 is 11.7 Å². The molecule has 1 aromatic rings. The van der Waals surface area contributed by atoms with Crippen LogP contribution in [0, 0.1) is 5.92 Å². The number of aliphatic hydroxyl groups excluding tert-OH is 1. The van der Waals surface area contributed by atoms with Crippen molar-refractivity contribution in [3.05, 3.63) is 18.6 Å². The average Bonchev–Trinajstić information content (AvgIpc) is 2.53. The second-order valence-electron chi connectivity index (χ2n) is 5.92. The third kappa shape index (κ3) is 3.69. The Bertz CT molecular complexity index is 458. The molecular weight excluding hydrogens is 268 g/mol. The number of amides is 1. The van der Waals surface area contributed by atoms with E-state index >= 15 is 0 Å². The Morgan fingerprint density at radius 1 is 1.38 bits per heavy atom. The molecule has 1 aliphatic rings. The van der Waals surface area contributed by atoms with Crippen molar-refractivity contribution in [3.8, 4) is 0 Å². The van der Waals surface area contributed by atoms with Crippen molar-refractivity contribution < 1.29 is 9.90 Å². The summed E-state index contributed by atoms with van der Waals surface area (Å²) < 4.78 is 0. The molecule has 1 saturated heterocycles. The number of hydrogen-bond donors (Lipinski definition) is 1. The lowest BCUT2D eigenvalue weighted by Gasteiger charge is -2.38. The largest absolute Gasteiger partial charge is 0.383 e. The highest BCUT2D eigenvalue weighted by molar-refractivity contribution is 5.81. The molecule has 6 nitrogen and oxygen atoms in total. The minimum atomic E-state index is -0.909. The van der Waals surface area contributed by atoms with Gasteiger partial charge in [-0.1, -0.05) is 13.8 Å². The Morgan fingerprint density at radius 2 is 2.05 bits per heavy atom. The molecule has 0 spiro atoms. The smallest absolute Gasteiger partial charge is 0.251 e. The first-order valence-electron chi connectivity index (χ1n) is 7.46. The summed E-state index contributed by atoms with van der Waals surface area (Å²) in [5.41, 5.74) is 0. The first kappa shape index (κ1) is 15.7. The summed E-state index contributed by atoms with van der Waals surface area (Å²) in [6, 6.07) is 0.179. The van der Waals surface area contributed by atoms with Gasteiger partial charge in [-0.2, -0.15) is 0 Å². The Labute approximate surface area is 125 Å². The van der Waals surface area contributed by atoms with Crippen LogP contribution in [0.4, 0.5) is 5.82 Å². The molecule has 2 heterocycles. The SMILES string of the molecule is CC(C)[C@H](O)C(=O)N(C)C1CCN(c2cnccn2)CC1. The molecule has 1 amide bonds. The number of carbonyl (C=O) groups is 1. The van der Waals surface area contributed by atoms with Gasteiger partial charge in [-0.25, -0.2) is 4.98 Å². The minimum Gasteiger partial charge on any atom is -0.383 e. The highest BCUT2D eigenvalue weighted by Gasteiger charge is 2.30. The van der Waals surface area contributed by atoms with Gasteiger partial charge < -0.3 is 14.9 Å². The average molecular weight is 292 g/mol. The van der Waals surface area contributed by atoms with Gasteiger partial charge in [0.05, 0.1) is 6.20 Å². The molecule has 0 aliphatic carbocycles. The zero-order chi connectivity index (χ0) is 15.4. The molecule has 1 aromatic heterocycles. The summed E-state index contributed by atoms with van der Waals surface area (Å²) >= 11 is 0. The second kappa shape index (κ2) is 6.85. The van der Waals surface area contributed by atoms with Crippen LogP contribution < -0.4 is 4.90 Å². The summed E-state index contributed by atoms with van der Waals surface area (Å²) in [4.78, 5) is 24.4. The number of likely N-dealkylation sites (N-methyl/N-ethyl adjacent to an activating group) is 1. The molecule has 6 heteroatoms. The molecule has 21 heavy (non-hydrogen) atoms. The van der Waals surface area contributed by atoms with E-state index in [0.29, 0.717) is 0 Å². The van der Waals surface area contributed by atoms with Crippen LogP contribution in [0.2, 0.25) is 0 Å². The number of carbonyl (C=O) groups excluding carboxylic acids is 1. The van der Waals surface area contributed by atoms with E-state index in [1.807, 2.05) is 13.8 Å². The first-order valence-corrected chi connectivity index (χ1v) is 7.46. The predicted molar refractivity (Wildman–Crippen MR) is 80.9 cm³/mol. The first-order chi connectivity index (χ1) is 10.0. The van der Waals surface area contributed by atoms with Crippen LogP contribution in [0.5, 0.6) is 0 Å². The Morgan fingerprint density at radius 3 is 2.57 bits per heavy atom. The quantitative estimate of drug-likeness (QED) is 0.893. The normalized spacial score (nSPS) is 17.9. The van der Waals surface area contributed by atoms with E-state index in [-0.39, 0.29) is 17.9 Å². The standard InChI is InChI=1S/C15H24N4O2/c1-11(2)14(20)15(21)18(3)12-4-8-19(9-5-12)13-10-16-6-7-17-13/h6-7,10-12,14,20H,4-5,8-9H2,1-3H3/t14-/m0/s1. The van der Waals surface area contributed by atoms with E-state index < -0.39 is 6.10 Å². The van der Waals surface area contributed by atoms with E-state index in [1.165, 1.54) is 0 Å². The topological polar surface area (TPSA) is 69.6 Å². The van der Waals surface area contributed by atoms with Crippen LogP contribution in [-0.2, 0) is 4.79 Å². The van der Waals surface area contributed by atoms with Crippen LogP contribution in [0.15, 0.2) is 18.6 Å². The van der Waals surface area contributed by atoms with Gasteiger partial charge >= 0.3 is 0 Å². The lowest BCUT2D eigenvalue weighted by atomic mass is 10.0. The summed E-state index contributed by atoms with van der Waals surface area (Å²) in [6.07, 6.45) is 5.96. The molecule has 2 rings (SSSR count). The van der Waals surface area contributed by atoms with E-state index in [0.717, 1.165) is 31.7 Å². The van der Waals surface area contributed by atoms with Gasteiger partial charge in [0.15, 0.2) is 0 Å². The van der Waals surface area contributed by atoms with Crippen LogP contribution in [0.1, 0.15) is 26.7 Å². The summed E-state index contributed by atoms with van der Waals surface area (Å²) in [5, 5.41) is 9.91. The lowest BCUT2D eigenvalue weighted by Crippen LogP contribution is -2.49. The van der Waals surface area contributed by atoms with Gasteiger partial charge in [0, 0.05) is 38.6 Å². The predicted octanol–water partition coefficient (Wildman–Crippen LogP) is 0.921. The van der Waals surface area contributed by atoms with Crippen molar-refractivity contribution in [1.29, 1.82) is 0 Å². The van der Waals surface area contributed by atoms with Crippen molar-refractivity contribution in [2.24, 2.45) is 5.92 Å². The van der Waals surface area contributed by atoms with Gasteiger partial charge in [0.1, 0.15) is 11.9 Å². The number of hydrogen-bond acceptors (Lipinski definition) is 5. The molecule has 0 saturated carbocycles. The van der Waals surface area contributed by atoms with Crippen LogP contribution >= 0.6 is 0 Å². The third-order valence-electron chi connectivity index (χ3n) is 4.12. The zero-order valence-electron chi connectivity index (χ0n) is 12.9. The van der Waals surface area contributed by atoms with Crippen LogP contribution in [0.3, 0.4) is 0 Å².